The van der Waals surface area contributed by atoms with E-state index in [0.29, 0.717) is 19.8 Å². The summed E-state index contributed by atoms with van der Waals surface area (Å²) in [5, 5.41) is 19.2. The minimum atomic E-state index is -0.873. The lowest BCUT2D eigenvalue weighted by molar-refractivity contribution is -0.0540. The Kier molecular flexibility index (Phi) is 6.08. The first-order valence-corrected chi connectivity index (χ1v) is 6.07. The molecule has 1 unspecified atom stereocenters. The monoisotopic (exact) mass is 246 g/mol. The quantitative estimate of drug-likeness (QED) is 0.507. The van der Waals surface area contributed by atoms with Crippen molar-refractivity contribution in [2.45, 2.75) is 22.9 Å². The molecule has 0 spiro atoms. The van der Waals surface area contributed by atoms with Crippen LogP contribution in [-0.4, -0.2) is 52.9 Å². The summed E-state index contributed by atoms with van der Waals surface area (Å²) in [5.74, 6) is 0. The fourth-order valence-corrected chi connectivity index (χ4v) is 2.75. The molecule has 4 atom stereocenters. The molecule has 1 fully saturated rings. The SMILES string of the molecule is C=CCOC[C@H]1SC(O)[C@@H](O)[C@@H]1OCC=C. The van der Waals surface area contributed by atoms with E-state index in [2.05, 4.69) is 13.2 Å². The molecule has 0 aromatic rings. The van der Waals surface area contributed by atoms with E-state index in [0.717, 1.165) is 0 Å². The van der Waals surface area contributed by atoms with Crippen LogP contribution in [0.5, 0.6) is 0 Å². The number of hydrogen-bond donors (Lipinski definition) is 2. The normalized spacial score (nSPS) is 33.9. The molecule has 0 radical (unpaired) electrons. The molecule has 1 aliphatic rings. The van der Waals surface area contributed by atoms with E-state index < -0.39 is 17.6 Å². The molecular formula is C11H18O4S. The number of aliphatic hydroxyl groups excluding tert-OH is 2. The Bertz CT molecular complexity index is 234. The van der Waals surface area contributed by atoms with Gasteiger partial charge in [0.15, 0.2) is 0 Å². The van der Waals surface area contributed by atoms with Crippen molar-refractivity contribution >= 4 is 11.8 Å². The van der Waals surface area contributed by atoms with E-state index in [1.54, 1.807) is 12.2 Å². The second-order valence-corrected chi connectivity index (χ2v) is 4.83. The van der Waals surface area contributed by atoms with Gasteiger partial charge in [0.25, 0.3) is 0 Å². The minimum Gasteiger partial charge on any atom is -0.387 e. The molecule has 2 N–H and O–H groups in total. The van der Waals surface area contributed by atoms with Gasteiger partial charge in [0.1, 0.15) is 17.6 Å². The smallest absolute Gasteiger partial charge is 0.128 e. The van der Waals surface area contributed by atoms with E-state index in [9.17, 15) is 10.2 Å². The van der Waals surface area contributed by atoms with Gasteiger partial charge < -0.3 is 19.7 Å². The number of thioether (sulfide) groups is 1. The third kappa shape index (κ3) is 3.61. The maximum atomic E-state index is 9.71. The molecule has 0 saturated carbocycles. The zero-order chi connectivity index (χ0) is 12.0. The summed E-state index contributed by atoms with van der Waals surface area (Å²) in [7, 11) is 0. The van der Waals surface area contributed by atoms with Crippen molar-refractivity contribution in [3.05, 3.63) is 25.3 Å². The molecule has 16 heavy (non-hydrogen) atoms. The van der Waals surface area contributed by atoms with E-state index in [1.807, 2.05) is 0 Å². The summed E-state index contributed by atoms with van der Waals surface area (Å²) in [6.45, 7) is 8.33. The Morgan fingerprint density at radius 2 is 1.88 bits per heavy atom. The molecule has 0 aromatic heterocycles. The third-order valence-electron chi connectivity index (χ3n) is 2.23. The van der Waals surface area contributed by atoms with Crippen LogP contribution in [0, 0.1) is 0 Å². The molecule has 1 saturated heterocycles. The van der Waals surface area contributed by atoms with Crippen LogP contribution in [0.2, 0.25) is 0 Å². The van der Waals surface area contributed by atoms with Gasteiger partial charge in [-0.1, -0.05) is 12.2 Å². The van der Waals surface area contributed by atoms with Crippen molar-refractivity contribution in [3.8, 4) is 0 Å². The minimum absolute atomic E-state index is 0.0649. The highest BCUT2D eigenvalue weighted by Gasteiger charge is 2.43. The maximum absolute atomic E-state index is 9.71. The largest absolute Gasteiger partial charge is 0.387 e. The molecule has 4 nitrogen and oxygen atoms in total. The second-order valence-electron chi connectivity index (χ2n) is 3.47. The summed E-state index contributed by atoms with van der Waals surface area (Å²) in [5.41, 5.74) is -0.813. The van der Waals surface area contributed by atoms with Crippen LogP contribution < -0.4 is 0 Å². The zero-order valence-corrected chi connectivity index (χ0v) is 9.94. The van der Waals surface area contributed by atoms with Gasteiger partial charge in [0.2, 0.25) is 0 Å². The van der Waals surface area contributed by atoms with Gasteiger partial charge in [-0.05, 0) is 0 Å². The van der Waals surface area contributed by atoms with Crippen molar-refractivity contribution < 1.29 is 19.7 Å². The zero-order valence-electron chi connectivity index (χ0n) is 9.12. The highest BCUT2D eigenvalue weighted by atomic mass is 32.2. The Morgan fingerprint density at radius 1 is 1.19 bits per heavy atom. The first-order chi connectivity index (χ1) is 7.70. The molecule has 0 aromatic carbocycles. The number of hydrogen-bond acceptors (Lipinski definition) is 5. The standard InChI is InChI=1S/C11H18O4S/c1-3-5-14-7-8-10(15-6-4-2)9(12)11(13)16-8/h3-4,8-13H,1-2,5-7H2/t8-,9+,10-,11?/m1/s1. The number of aliphatic hydroxyl groups is 2. The lowest BCUT2D eigenvalue weighted by Crippen LogP contribution is -2.37. The molecule has 0 amide bonds. The fourth-order valence-electron chi connectivity index (χ4n) is 1.51. The van der Waals surface area contributed by atoms with Crippen LogP contribution in [0.15, 0.2) is 25.3 Å². The van der Waals surface area contributed by atoms with Crippen LogP contribution in [-0.2, 0) is 9.47 Å². The Morgan fingerprint density at radius 3 is 2.50 bits per heavy atom. The highest BCUT2D eigenvalue weighted by molar-refractivity contribution is 8.00. The molecule has 1 rings (SSSR count). The highest BCUT2D eigenvalue weighted by Crippen LogP contribution is 2.34. The average molecular weight is 246 g/mol. The van der Waals surface area contributed by atoms with Crippen LogP contribution in [0.1, 0.15) is 0 Å². The molecule has 5 heteroatoms. The Labute approximate surface area is 99.9 Å². The average Bonchev–Trinajstić information content (AvgIpc) is 2.53. The van der Waals surface area contributed by atoms with Gasteiger partial charge in [-0.3, -0.25) is 0 Å². The van der Waals surface area contributed by atoms with Crippen molar-refractivity contribution in [3.63, 3.8) is 0 Å². The van der Waals surface area contributed by atoms with Crippen LogP contribution >= 0.6 is 11.8 Å². The molecule has 0 bridgehead atoms. The molecule has 1 aliphatic heterocycles. The van der Waals surface area contributed by atoms with Crippen LogP contribution in [0.25, 0.3) is 0 Å². The molecule has 1 heterocycles. The predicted molar refractivity (Wildman–Crippen MR) is 64.3 cm³/mol. The topological polar surface area (TPSA) is 58.9 Å². The summed E-state index contributed by atoms with van der Waals surface area (Å²) in [6, 6.07) is 0. The first kappa shape index (κ1) is 13.7. The second kappa shape index (κ2) is 7.09. The van der Waals surface area contributed by atoms with Gasteiger partial charge in [-0.2, -0.15) is 0 Å². The van der Waals surface area contributed by atoms with E-state index in [1.165, 1.54) is 11.8 Å². The molecule has 92 valence electrons. The maximum Gasteiger partial charge on any atom is 0.128 e. The van der Waals surface area contributed by atoms with Gasteiger partial charge in [0.05, 0.1) is 25.1 Å². The fraction of sp³-hybridized carbons (Fsp3) is 0.636. The van der Waals surface area contributed by atoms with Crippen molar-refractivity contribution in [1.82, 2.24) is 0 Å². The molecular weight excluding hydrogens is 228 g/mol. The summed E-state index contributed by atoms with van der Waals surface area (Å²) < 4.78 is 10.7. The van der Waals surface area contributed by atoms with Gasteiger partial charge in [0, 0.05) is 0 Å². The van der Waals surface area contributed by atoms with Crippen molar-refractivity contribution in [2.24, 2.45) is 0 Å². The van der Waals surface area contributed by atoms with Gasteiger partial charge in [-0.25, -0.2) is 0 Å². The predicted octanol–water partition coefficient (Wildman–Crippen LogP) is 0.555. The van der Waals surface area contributed by atoms with E-state index in [-0.39, 0.29) is 5.25 Å². The summed E-state index contributed by atoms with van der Waals surface area (Å²) in [6.07, 6.45) is 1.99. The van der Waals surface area contributed by atoms with E-state index >= 15 is 0 Å². The van der Waals surface area contributed by atoms with Crippen molar-refractivity contribution in [2.75, 3.05) is 19.8 Å². The van der Waals surface area contributed by atoms with Gasteiger partial charge >= 0.3 is 0 Å². The van der Waals surface area contributed by atoms with Gasteiger partial charge in [-0.15, -0.1) is 24.9 Å². The lowest BCUT2D eigenvalue weighted by Gasteiger charge is -2.20. The summed E-state index contributed by atoms with van der Waals surface area (Å²) >= 11 is 1.27. The molecule has 0 aliphatic carbocycles. The number of rotatable bonds is 7. The van der Waals surface area contributed by atoms with Crippen molar-refractivity contribution in [1.29, 1.82) is 0 Å². The lowest BCUT2D eigenvalue weighted by atomic mass is 10.1. The summed E-state index contributed by atoms with van der Waals surface area (Å²) in [4.78, 5) is 0. The van der Waals surface area contributed by atoms with Crippen LogP contribution in [0.4, 0.5) is 0 Å². The third-order valence-corrected chi connectivity index (χ3v) is 3.55. The number of ether oxygens (including phenoxy) is 2. The first-order valence-electron chi connectivity index (χ1n) is 5.13. The van der Waals surface area contributed by atoms with E-state index in [4.69, 9.17) is 9.47 Å². The Hall–Kier alpha value is -0.330. The van der Waals surface area contributed by atoms with Crippen LogP contribution in [0.3, 0.4) is 0 Å². The Balaban J connectivity index is 2.45.